The van der Waals surface area contributed by atoms with Crippen molar-refractivity contribution in [1.29, 1.82) is 0 Å². The maximum Gasteiger partial charge on any atom is 0.250 e. The fraction of sp³-hybridized carbons (Fsp3) is 0.500. The Morgan fingerprint density at radius 3 is 2.79 bits per heavy atom. The van der Waals surface area contributed by atoms with Gasteiger partial charge in [-0.25, -0.2) is 0 Å². The number of amides is 1. The average molecular weight is 283 g/mol. The first-order valence-corrected chi connectivity index (χ1v) is 6.99. The number of carbonyl (C=O) groups is 1. The lowest BCUT2D eigenvalue weighted by Crippen LogP contribution is -2.25. The van der Waals surface area contributed by atoms with E-state index in [1.165, 1.54) is 19.3 Å². The van der Waals surface area contributed by atoms with Crippen LogP contribution in [0.2, 0.25) is 5.02 Å². The van der Waals surface area contributed by atoms with Gasteiger partial charge in [0.05, 0.1) is 17.5 Å². The SMILES string of the molecule is Nc1cc(Cl)ccc1NC(=O)COC1CCCCC1. The van der Waals surface area contributed by atoms with E-state index < -0.39 is 0 Å². The number of ether oxygens (including phenoxy) is 1. The number of benzene rings is 1. The Morgan fingerprint density at radius 1 is 1.37 bits per heavy atom. The largest absolute Gasteiger partial charge is 0.397 e. The summed E-state index contributed by atoms with van der Waals surface area (Å²) in [4.78, 5) is 11.8. The third kappa shape index (κ3) is 4.40. The van der Waals surface area contributed by atoms with Crippen molar-refractivity contribution in [3.05, 3.63) is 23.2 Å². The molecule has 1 fully saturated rings. The van der Waals surface area contributed by atoms with E-state index in [9.17, 15) is 4.79 Å². The smallest absolute Gasteiger partial charge is 0.250 e. The first-order valence-electron chi connectivity index (χ1n) is 6.61. The lowest BCUT2D eigenvalue weighted by molar-refractivity contribution is -0.123. The lowest BCUT2D eigenvalue weighted by Gasteiger charge is -2.21. The van der Waals surface area contributed by atoms with Crippen LogP contribution in [-0.4, -0.2) is 18.6 Å². The van der Waals surface area contributed by atoms with Gasteiger partial charge in [0, 0.05) is 5.02 Å². The molecule has 0 aliphatic heterocycles. The minimum atomic E-state index is -0.181. The molecular formula is C14H19ClN2O2. The van der Waals surface area contributed by atoms with E-state index in [0.717, 1.165) is 12.8 Å². The second-order valence-electron chi connectivity index (χ2n) is 4.85. The van der Waals surface area contributed by atoms with E-state index in [2.05, 4.69) is 5.32 Å². The molecular weight excluding hydrogens is 264 g/mol. The first kappa shape index (κ1) is 14.2. The summed E-state index contributed by atoms with van der Waals surface area (Å²) in [6.07, 6.45) is 5.98. The number of halogens is 1. The van der Waals surface area contributed by atoms with E-state index >= 15 is 0 Å². The number of carbonyl (C=O) groups excluding carboxylic acids is 1. The van der Waals surface area contributed by atoms with Crippen LogP contribution in [0.4, 0.5) is 11.4 Å². The van der Waals surface area contributed by atoms with Gasteiger partial charge in [-0.2, -0.15) is 0 Å². The predicted molar refractivity (Wildman–Crippen MR) is 77.3 cm³/mol. The molecule has 0 atom stereocenters. The summed E-state index contributed by atoms with van der Waals surface area (Å²) in [5.74, 6) is -0.181. The normalized spacial score (nSPS) is 16.3. The fourth-order valence-electron chi connectivity index (χ4n) is 2.26. The number of nitrogens with one attached hydrogen (secondary N) is 1. The van der Waals surface area contributed by atoms with Gasteiger partial charge in [-0.15, -0.1) is 0 Å². The highest BCUT2D eigenvalue weighted by Gasteiger charge is 2.15. The zero-order valence-corrected chi connectivity index (χ0v) is 11.6. The quantitative estimate of drug-likeness (QED) is 0.834. The van der Waals surface area contributed by atoms with E-state index in [4.69, 9.17) is 22.1 Å². The predicted octanol–water partition coefficient (Wildman–Crippen LogP) is 3.21. The molecule has 0 spiro atoms. The van der Waals surface area contributed by atoms with Crippen molar-refractivity contribution in [1.82, 2.24) is 0 Å². The Bertz CT molecular complexity index is 445. The van der Waals surface area contributed by atoms with E-state index in [1.807, 2.05) is 0 Å². The highest BCUT2D eigenvalue weighted by molar-refractivity contribution is 6.31. The molecule has 0 unspecified atom stereocenters. The summed E-state index contributed by atoms with van der Waals surface area (Å²) in [7, 11) is 0. The number of hydrogen-bond donors (Lipinski definition) is 2. The minimum Gasteiger partial charge on any atom is -0.397 e. The van der Waals surface area contributed by atoms with Crippen LogP contribution in [-0.2, 0) is 9.53 Å². The topological polar surface area (TPSA) is 64.3 Å². The Labute approximate surface area is 118 Å². The van der Waals surface area contributed by atoms with Crippen LogP contribution < -0.4 is 11.1 Å². The molecule has 104 valence electrons. The van der Waals surface area contributed by atoms with Crippen molar-refractivity contribution in [3.63, 3.8) is 0 Å². The second-order valence-corrected chi connectivity index (χ2v) is 5.29. The standard InChI is InChI=1S/C14H19ClN2O2/c15-10-6-7-13(12(16)8-10)17-14(18)9-19-11-4-2-1-3-5-11/h6-8,11H,1-5,9,16H2,(H,17,18). The van der Waals surface area contributed by atoms with Gasteiger partial charge in [-0.05, 0) is 31.0 Å². The van der Waals surface area contributed by atoms with Gasteiger partial charge in [0.15, 0.2) is 0 Å². The Hall–Kier alpha value is -1.26. The Balaban J connectivity index is 1.80. The second kappa shape index (κ2) is 6.78. The minimum absolute atomic E-state index is 0.0761. The molecule has 1 aromatic carbocycles. The number of rotatable bonds is 4. The van der Waals surface area contributed by atoms with Gasteiger partial charge < -0.3 is 15.8 Å². The number of nitrogens with two attached hydrogens (primary N) is 1. The summed E-state index contributed by atoms with van der Waals surface area (Å²) in [5, 5.41) is 3.28. The van der Waals surface area contributed by atoms with Gasteiger partial charge in [0.1, 0.15) is 6.61 Å². The third-order valence-electron chi connectivity index (χ3n) is 3.29. The molecule has 0 bridgehead atoms. The molecule has 2 rings (SSSR count). The molecule has 3 N–H and O–H groups in total. The Kier molecular flexibility index (Phi) is 5.05. The third-order valence-corrected chi connectivity index (χ3v) is 3.53. The van der Waals surface area contributed by atoms with E-state index in [-0.39, 0.29) is 18.6 Å². The average Bonchev–Trinajstić information content (AvgIpc) is 2.41. The monoisotopic (exact) mass is 282 g/mol. The van der Waals surface area contributed by atoms with E-state index in [1.54, 1.807) is 18.2 Å². The van der Waals surface area contributed by atoms with Gasteiger partial charge >= 0.3 is 0 Å². The molecule has 19 heavy (non-hydrogen) atoms. The fourth-order valence-corrected chi connectivity index (χ4v) is 2.44. The van der Waals surface area contributed by atoms with Crippen molar-refractivity contribution >= 4 is 28.9 Å². The molecule has 1 amide bonds. The molecule has 0 aromatic heterocycles. The highest BCUT2D eigenvalue weighted by Crippen LogP contribution is 2.23. The zero-order valence-electron chi connectivity index (χ0n) is 10.8. The van der Waals surface area contributed by atoms with Crippen molar-refractivity contribution in [2.75, 3.05) is 17.7 Å². The molecule has 0 radical (unpaired) electrons. The number of nitrogen functional groups attached to an aromatic ring is 1. The van der Waals surface area contributed by atoms with Crippen LogP contribution in [0.1, 0.15) is 32.1 Å². The van der Waals surface area contributed by atoms with E-state index in [0.29, 0.717) is 16.4 Å². The van der Waals surface area contributed by atoms with Crippen molar-refractivity contribution in [2.45, 2.75) is 38.2 Å². The molecule has 1 aliphatic rings. The van der Waals surface area contributed by atoms with Crippen LogP contribution in [0, 0.1) is 0 Å². The summed E-state index contributed by atoms with van der Waals surface area (Å²) in [5.41, 5.74) is 6.80. The molecule has 5 heteroatoms. The highest BCUT2D eigenvalue weighted by atomic mass is 35.5. The van der Waals surface area contributed by atoms with Crippen molar-refractivity contribution in [2.24, 2.45) is 0 Å². The van der Waals surface area contributed by atoms with Gasteiger partial charge in [0.2, 0.25) is 5.91 Å². The van der Waals surface area contributed by atoms with Crippen molar-refractivity contribution < 1.29 is 9.53 Å². The summed E-state index contributed by atoms with van der Waals surface area (Å²) >= 11 is 5.80. The van der Waals surface area contributed by atoms with Crippen LogP contribution in [0.3, 0.4) is 0 Å². The molecule has 0 heterocycles. The van der Waals surface area contributed by atoms with Crippen LogP contribution in [0.15, 0.2) is 18.2 Å². The van der Waals surface area contributed by atoms with Gasteiger partial charge in [0.25, 0.3) is 0 Å². The zero-order chi connectivity index (χ0) is 13.7. The Morgan fingerprint density at radius 2 is 2.11 bits per heavy atom. The van der Waals surface area contributed by atoms with Crippen LogP contribution in [0.25, 0.3) is 0 Å². The number of hydrogen-bond acceptors (Lipinski definition) is 3. The van der Waals surface area contributed by atoms with Gasteiger partial charge in [-0.1, -0.05) is 30.9 Å². The lowest BCUT2D eigenvalue weighted by atomic mass is 9.98. The molecule has 4 nitrogen and oxygen atoms in total. The number of anilines is 2. The van der Waals surface area contributed by atoms with Crippen molar-refractivity contribution in [3.8, 4) is 0 Å². The summed E-state index contributed by atoms with van der Waals surface area (Å²) < 4.78 is 5.60. The first-order chi connectivity index (χ1) is 9.15. The van der Waals surface area contributed by atoms with Gasteiger partial charge in [-0.3, -0.25) is 4.79 Å². The van der Waals surface area contributed by atoms with Crippen LogP contribution >= 0.6 is 11.6 Å². The van der Waals surface area contributed by atoms with Crippen LogP contribution in [0.5, 0.6) is 0 Å². The maximum absolute atomic E-state index is 11.8. The maximum atomic E-state index is 11.8. The molecule has 1 saturated carbocycles. The molecule has 1 aliphatic carbocycles. The molecule has 1 aromatic rings. The molecule has 0 saturated heterocycles. The summed E-state index contributed by atoms with van der Waals surface area (Å²) in [6.45, 7) is 0.0761. The summed E-state index contributed by atoms with van der Waals surface area (Å²) in [6, 6.07) is 4.99.